The molecule has 0 saturated heterocycles. The summed E-state index contributed by atoms with van der Waals surface area (Å²) in [5, 5.41) is 0.807. The van der Waals surface area contributed by atoms with E-state index in [2.05, 4.69) is 47.2 Å². The monoisotopic (exact) mass is 307 g/mol. The fraction of sp³-hybridized carbons (Fsp3) is 0.167. The van der Waals surface area contributed by atoms with Crippen molar-refractivity contribution in [1.29, 1.82) is 0 Å². The molecule has 3 aromatic rings. The Balaban J connectivity index is 1.61. The van der Waals surface area contributed by atoms with Crippen molar-refractivity contribution in [3.05, 3.63) is 83.1 Å². The molecule has 1 aromatic heterocycles. The second kappa shape index (κ2) is 7.32. The molecule has 4 heteroatoms. The average Bonchev–Trinajstić information content (AvgIpc) is 3.01. The van der Waals surface area contributed by atoms with E-state index in [9.17, 15) is 0 Å². The number of hydrogen-bond donors (Lipinski definition) is 0. The molecule has 0 aliphatic rings. The van der Waals surface area contributed by atoms with Gasteiger partial charge in [-0.15, -0.1) is 0 Å². The lowest BCUT2D eigenvalue weighted by Gasteiger charge is -2.08. The molecule has 1 heterocycles. The number of imidazole rings is 1. The Bertz CT molecular complexity index is 725. The number of aryl methyl sites for hydroxylation is 2. The molecule has 0 amide bonds. The van der Waals surface area contributed by atoms with Gasteiger partial charge in [-0.2, -0.15) is 0 Å². The van der Waals surface area contributed by atoms with Gasteiger partial charge >= 0.3 is 0 Å². The molecule has 0 saturated carbocycles. The second-order valence-corrected chi connectivity index (χ2v) is 5.62. The SMILES string of the molecule is Clc1ccccc1C[B]c1nccn1CCc1ccccc1. The minimum atomic E-state index is 0.794. The van der Waals surface area contributed by atoms with Crippen molar-refractivity contribution in [2.75, 3.05) is 0 Å². The summed E-state index contributed by atoms with van der Waals surface area (Å²) in [5.74, 6) is 0. The van der Waals surface area contributed by atoms with E-state index in [0.717, 1.165) is 35.6 Å². The van der Waals surface area contributed by atoms with Crippen LogP contribution >= 0.6 is 11.6 Å². The number of benzene rings is 2. The first-order valence-corrected chi connectivity index (χ1v) is 7.82. The molecule has 0 fully saturated rings. The van der Waals surface area contributed by atoms with E-state index in [1.54, 1.807) is 0 Å². The summed E-state index contributed by atoms with van der Waals surface area (Å²) < 4.78 is 2.18. The molecule has 0 unspecified atom stereocenters. The zero-order valence-corrected chi connectivity index (χ0v) is 13.1. The molecule has 0 aliphatic carbocycles. The van der Waals surface area contributed by atoms with Crippen LogP contribution in [0.1, 0.15) is 11.1 Å². The van der Waals surface area contributed by atoms with Gasteiger partial charge in [-0.3, -0.25) is 4.98 Å². The first-order valence-electron chi connectivity index (χ1n) is 7.44. The predicted octanol–water partition coefficient (Wildman–Crippen LogP) is 3.31. The standard InChI is InChI=1S/C18H17BClN2/c20-17-9-5-4-8-16(17)14-19-18-21-11-13-22(18)12-10-15-6-2-1-3-7-15/h1-9,11,13H,10,12,14H2. The molecule has 2 nitrogen and oxygen atoms in total. The van der Waals surface area contributed by atoms with Crippen LogP contribution in [-0.2, 0) is 19.3 Å². The molecular weight excluding hydrogens is 290 g/mol. The number of aromatic nitrogens is 2. The van der Waals surface area contributed by atoms with E-state index in [0.29, 0.717) is 0 Å². The third-order valence-electron chi connectivity index (χ3n) is 3.69. The topological polar surface area (TPSA) is 17.8 Å². The molecule has 0 spiro atoms. The second-order valence-electron chi connectivity index (χ2n) is 5.21. The highest BCUT2D eigenvalue weighted by Crippen LogP contribution is 2.14. The highest BCUT2D eigenvalue weighted by Gasteiger charge is 2.07. The van der Waals surface area contributed by atoms with Gasteiger partial charge in [-0.1, -0.05) is 60.1 Å². The summed E-state index contributed by atoms with van der Waals surface area (Å²) in [6.45, 7) is 0.929. The Labute approximate surface area is 137 Å². The highest BCUT2D eigenvalue weighted by molar-refractivity contribution is 6.51. The van der Waals surface area contributed by atoms with Crippen LogP contribution in [0.15, 0.2) is 67.0 Å². The van der Waals surface area contributed by atoms with Gasteiger partial charge in [-0.25, -0.2) is 0 Å². The van der Waals surface area contributed by atoms with E-state index in [-0.39, 0.29) is 0 Å². The molecule has 1 radical (unpaired) electrons. The van der Waals surface area contributed by atoms with Crippen LogP contribution in [-0.4, -0.2) is 16.8 Å². The van der Waals surface area contributed by atoms with E-state index >= 15 is 0 Å². The maximum absolute atomic E-state index is 6.20. The zero-order chi connectivity index (χ0) is 15.2. The molecule has 0 bridgehead atoms. The molecule has 3 rings (SSSR count). The van der Waals surface area contributed by atoms with Crippen LogP contribution in [0.25, 0.3) is 0 Å². The maximum Gasteiger partial charge on any atom is 0.206 e. The number of nitrogens with zero attached hydrogens (tertiary/aromatic N) is 2. The normalized spacial score (nSPS) is 10.6. The van der Waals surface area contributed by atoms with Crippen LogP contribution in [0.5, 0.6) is 0 Å². The van der Waals surface area contributed by atoms with E-state index in [4.69, 9.17) is 11.6 Å². The number of hydrogen-bond acceptors (Lipinski definition) is 1. The van der Waals surface area contributed by atoms with Crippen molar-refractivity contribution >= 4 is 24.6 Å². The lowest BCUT2D eigenvalue weighted by Crippen LogP contribution is -2.28. The molecule has 109 valence electrons. The van der Waals surface area contributed by atoms with Gasteiger partial charge in [0, 0.05) is 24.0 Å². The maximum atomic E-state index is 6.20. The fourth-order valence-electron chi connectivity index (χ4n) is 2.46. The molecule has 0 N–H and O–H groups in total. The first kappa shape index (κ1) is 14.9. The van der Waals surface area contributed by atoms with Crippen molar-refractivity contribution in [1.82, 2.24) is 9.55 Å². The predicted molar refractivity (Wildman–Crippen MR) is 92.9 cm³/mol. The van der Waals surface area contributed by atoms with E-state index < -0.39 is 0 Å². The number of halogens is 1. The largest absolute Gasteiger partial charge is 0.343 e. The Hall–Kier alpha value is -2.00. The first-order chi connectivity index (χ1) is 10.8. The van der Waals surface area contributed by atoms with Crippen LogP contribution in [0.3, 0.4) is 0 Å². The lowest BCUT2D eigenvalue weighted by molar-refractivity contribution is 0.713. The highest BCUT2D eigenvalue weighted by atomic mass is 35.5. The Morgan fingerprint density at radius 2 is 1.77 bits per heavy atom. The number of rotatable bonds is 6. The summed E-state index contributed by atoms with van der Waals surface area (Å²) in [5.41, 5.74) is 3.46. The average molecular weight is 308 g/mol. The molecule has 0 aliphatic heterocycles. The van der Waals surface area contributed by atoms with Crippen molar-refractivity contribution in [3.8, 4) is 0 Å². The third-order valence-corrected chi connectivity index (χ3v) is 4.06. The quantitative estimate of drug-likeness (QED) is 0.639. The van der Waals surface area contributed by atoms with Gasteiger partial charge in [0.1, 0.15) is 0 Å². The zero-order valence-electron chi connectivity index (χ0n) is 12.3. The van der Waals surface area contributed by atoms with Crippen molar-refractivity contribution in [2.45, 2.75) is 19.3 Å². The molecule has 2 aromatic carbocycles. The Morgan fingerprint density at radius 1 is 1.00 bits per heavy atom. The van der Waals surface area contributed by atoms with Gasteiger partial charge in [0.05, 0.1) is 5.72 Å². The minimum absolute atomic E-state index is 0.794. The summed E-state index contributed by atoms with van der Waals surface area (Å²) in [6.07, 6.45) is 5.68. The molecule has 22 heavy (non-hydrogen) atoms. The van der Waals surface area contributed by atoms with Crippen molar-refractivity contribution in [2.24, 2.45) is 0 Å². The Morgan fingerprint density at radius 3 is 2.59 bits per heavy atom. The lowest BCUT2D eigenvalue weighted by atomic mass is 9.71. The summed E-state index contributed by atoms with van der Waals surface area (Å²) in [7, 11) is 2.13. The van der Waals surface area contributed by atoms with Crippen LogP contribution in [0, 0.1) is 0 Å². The summed E-state index contributed by atoms with van der Waals surface area (Å²) in [6, 6.07) is 18.4. The van der Waals surface area contributed by atoms with Gasteiger partial charge in [0.25, 0.3) is 0 Å². The van der Waals surface area contributed by atoms with Crippen molar-refractivity contribution in [3.63, 3.8) is 0 Å². The van der Waals surface area contributed by atoms with Crippen LogP contribution < -0.4 is 5.72 Å². The van der Waals surface area contributed by atoms with E-state index in [1.165, 1.54) is 5.56 Å². The van der Waals surface area contributed by atoms with Crippen LogP contribution in [0.2, 0.25) is 5.02 Å². The minimum Gasteiger partial charge on any atom is -0.343 e. The van der Waals surface area contributed by atoms with Crippen LogP contribution in [0.4, 0.5) is 0 Å². The van der Waals surface area contributed by atoms with Crippen molar-refractivity contribution < 1.29 is 0 Å². The smallest absolute Gasteiger partial charge is 0.206 e. The fourth-order valence-corrected chi connectivity index (χ4v) is 2.67. The van der Waals surface area contributed by atoms with Gasteiger partial charge < -0.3 is 4.57 Å². The third kappa shape index (κ3) is 3.80. The molecular formula is C18H17BClN2. The van der Waals surface area contributed by atoms with E-state index in [1.807, 2.05) is 36.7 Å². The summed E-state index contributed by atoms with van der Waals surface area (Å²) >= 11 is 6.20. The van der Waals surface area contributed by atoms with Gasteiger partial charge in [-0.05, 0) is 29.9 Å². The summed E-state index contributed by atoms with van der Waals surface area (Å²) in [4.78, 5) is 4.44. The van der Waals surface area contributed by atoms with Gasteiger partial charge in [0.15, 0.2) is 0 Å². The van der Waals surface area contributed by atoms with Gasteiger partial charge in [0.2, 0.25) is 7.28 Å². The molecule has 0 atom stereocenters. The Kier molecular flexibility index (Phi) is 4.97.